The van der Waals surface area contributed by atoms with Gasteiger partial charge in [0.05, 0.1) is 5.25 Å². The number of aromatic nitrogens is 2. The topological polar surface area (TPSA) is 66.9 Å². The summed E-state index contributed by atoms with van der Waals surface area (Å²) in [5.74, 6) is -0.00662. The molecule has 0 fully saturated rings. The van der Waals surface area contributed by atoms with Gasteiger partial charge in [0, 0.05) is 13.1 Å². The summed E-state index contributed by atoms with van der Waals surface area (Å²) in [6, 6.07) is 20.0. The molecule has 1 amide bonds. The number of amides is 1. The lowest BCUT2D eigenvalue weighted by molar-refractivity contribution is -0.120. The van der Waals surface area contributed by atoms with Crippen molar-refractivity contribution in [3.8, 4) is 0 Å². The SMILES string of the molecule is CC(Sc1nnc(NCc2ccccc2)s1)C(=O)NCc1ccccc1. The van der Waals surface area contributed by atoms with Gasteiger partial charge in [-0.3, -0.25) is 4.79 Å². The van der Waals surface area contributed by atoms with Gasteiger partial charge >= 0.3 is 0 Å². The van der Waals surface area contributed by atoms with Gasteiger partial charge in [0.1, 0.15) is 0 Å². The Balaban J connectivity index is 1.46. The van der Waals surface area contributed by atoms with E-state index in [9.17, 15) is 4.79 Å². The lowest BCUT2D eigenvalue weighted by Gasteiger charge is -2.10. The Labute approximate surface area is 161 Å². The molecule has 1 unspecified atom stereocenters. The molecular weight excluding hydrogens is 364 g/mol. The zero-order valence-electron chi connectivity index (χ0n) is 14.4. The van der Waals surface area contributed by atoms with Gasteiger partial charge in [-0.1, -0.05) is 83.8 Å². The van der Waals surface area contributed by atoms with Crippen molar-refractivity contribution in [1.29, 1.82) is 0 Å². The average molecular weight is 385 g/mol. The lowest BCUT2D eigenvalue weighted by Crippen LogP contribution is -2.30. The monoisotopic (exact) mass is 384 g/mol. The van der Waals surface area contributed by atoms with Gasteiger partial charge in [0.15, 0.2) is 4.34 Å². The van der Waals surface area contributed by atoms with Crippen LogP contribution in [0.25, 0.3) is 0 Å². The largest absolute Gasteiger partial charge is 0.356 e. The molecule has 0 aliphatic heterocycles. The number of carbonyl (C=O) groups is 1. The minimum atomic E-state index is -0.228. The molecule has 3 rings (SSSR count). The van der Waals surface area contributed by atoms with Crippen molar-refractivity contribution in [1.82, 2.24) is 15.5 Å². The second-order valence-corrected chi connectivity index (χ2v) is 8.24. The van der Waals surface area contributed by atoms with Crippen molar-refractivity contribution < 1.29 is 4.79 Å². The van der Waals surface area contributed by atoms with Crippen LogP contribution in [0.3, 0.4) is 0 Å². The molecule has 1 heterocycles. The number of anilines is 1. The highest BCUT2D eigenvalue weighted by molar-refractivity contribution is 8.02. The van der Waals surface area contributed by atoms with E-state index in [1.165, 1.54) is 28.7 Å². The van der Waals surface area contributed by atoms with Crippen LogP contribution in [0.1, 0.15) is 18.1 Å². The summed E-state index contributed by atoms with van der Waals surface area (Å²) < 4.78 is 0.780. The van der Waals surface area contributed by atoms with Crippen LogP contribution in [-0.4, -0.2) is 21.4 Å². The molecule has 2 aromatic carbocycles. The van der Waals surface area contributed by atoms with Gasteiger partial charge in [0.25, 0.3) is 0 Å². The number of benzene rings is 2. The van der Waals surface area contributed by atoms with Crippen molar-refractivity contribution in [3.05, 3.63) is 71.8 Å². The van der Waals surface area contributed by atoms with E-state index in [-0.39, 0.29) is 11.2 Å². The summed E-state index contributed by atoms with van der Waals surface area (Å²) in [6.45, 7) is 3.11. The third-order valence-electron chi connectivity index (χ3n) is 3.65. The third-order valence-corrected chi connectivity index (χ3v) is 5.71. The van der Waals surface area contributed by atoms with E-state index in [2.05, 4.69) is 33.0 Å². The van der Waals surface area contributed by atoms with E-state index in [0.29, 0.717) is 13.1 Å². The number of nitrogens with one attached hydrogen (secondary N) is 2. The molecule has 0 bridgehead atoms. The Bertz CT molecular complexity index is 824. The Hall–Kier alpha value is -2.38. The molecule has 2 N–H and O–H groups in total. The first-order valence-corrected chi connectivity index (χ1v) is 10.00. The molecule has 1 atom stereocenters. The second-order valence-electron chi connectivity index (χ2n) is 5.68. The highest BCUT2D eigenvalue weighted by atomic mass is 32.2. The van der Waals surface area contributed by atoms with Gasteiger partial charge in [-0.15, -0.1) is 10.2 Å². The summed E-state index contributed by atoms with van der Waals surface area (Å²) in [6.07, 6.45) is 0. The minimum absolute atomic E-state index is 0.00662. The Morgan fingerprint density at radius 1 is 1.00 bits per heavy atom. The van der Waals surface area contributed by atoms with E-state index in [1.54, 1.807) is 0 Å². The quantitative estimate of drug-likeness (QED) is 0.576. The molecule has 0 saturated carbocycles. The lowest BCUT2D eigenvalue weighted by atomic mass is 10.2. The molecule has 0 aliphatic carbocycles. The van der Waals surface area contributed by atoms with Gasteiger partial charge in [0.2, 0.25) is 11.0 Å². The molecular formula is C19H20N4OS2. The fourth-order valence-electron chi connectivity index (χ4n) is 2.24. The first kappa shape index (κ1) is 18.4. The predicted molar refractivity (Wildman–Crippen MR) is 107 cm³/mol. The molecule has 1 aromatic heterocycles. The van der Waals surface area contributed by atoms with E-state index in [0.717, 1.165) is 15.0 Å². The Kier molecular flexibility index (Phi) is 6.62. The van der Waals surface area contributed by atoms with Crippen molar-refractivity contribution in [2.24, 2.45) is 0 Å². The number of hydrogen-bond donors (Lipinski definition) is 2. The van der Waals surface area contributed by atoms with E-state index >= 15 is 0 Å². The fraction of sp³-hybridized carbons (Fsp3) is 0.211. The van der Waals surface area contributed by atoms with Crippen molar-refractivity contribution in [2.75, 3.05) is 5.32 Å². The summed E-state index contributed by atoms with van der Waals surface area (Å²) in [5, 5.41) is 15.0. The summed E-state index contributed by atoms with van der Waals surface area (Å²) in [5.41, 5.74) is 2.27. The van der Waals surface area contributed by atoms with Gasteiger partial charge in [-0.2, -0.15) is 0 Å². The minimum Gasteiger partial charge on any atom is -0.356 e. The summed E-state index contributed by atoms with van der Waals surface area (Å²) >= 11 is 2.88. The highest BCUT2D eigenvalue weighted by Gasteiger charge is 2.17. The normalized spacial score (nSPS) is 11.7. The van der Waals surface area contributed by atoms with E-state index in [4.69, 9.17) is 0 Å². The van der Waals surface area contributed by atoms with Crippen LogP contribution in [0.2, 0.25) is 0 Å². The van der Waals surface area contributed by atoms with Gasteiger partial charge in [-0.05, 0) is 18.1 Å². The molecule has 0 aliphatic rings. The maximum absolute atomic E-state index is 12.2. The van der Waals surface area contributed by atoms with Crippen LogP contribution in [0.5, 0.6) is 0 Å². The van der Waals surface area contributed by atoms with E-state index in [1.807, 2.05) is 55.5 Å². The molecule has 134 valence electrons. The molecule has 5 nitrogen and oxygen atoms in total. The number of rotatable bonds is 8. The first-order valence-electron chi connectivity index (χ1n) is 8.30. The van der Waals surface area contributed by atoms with Crippen LogP contribution in [0.4, 0.5) is 5.13 Å². The second kappa shape index (κ2) is 9.35. The van der Waals surface area contributed by atoms with Crippen LogP contribution in [0, 0.1) is 0 Å². The zero-order chi connectivity index (χ0) is 18.2. The maximum atomic E-state index is 12.2. The summed E-state index contributed by atoms with van der Waals surface area (Å²) in [4.78, 5) is 12.2. The highest BCUT2D eigenvalue weighted by Crippen LogP contribution is 2.29. The van der Waals surface area contributed by atoms with Crippen LogP contribution in [0.15, 0.2) is 65.0 Å². The molecule has 0 spiro atoms. The molecule has 26 heavy (non-hydrogen) atoms. The molecule has 0 radical (unpaired) electrons. The molecule has 3 aromatic rings. The Morgan fingerprint density at radius 3 is 2.27 bits per heavy atom. The van der Waals surface area contributed by atoms with Crippen LogP contribution >= 0.6 is 23.1 Å². The average Bonchev–Trinajstić information content (AvgIpc) is 3.13. The van der Waals surface area contributed by atoms with Crippen LogP contribution < -0.4 is 10.6 Å². The smallest absolute Gasteiger partial charge is 0.233 e. The standard InChI is InChI=1S/C19H20N4OS2/c1-14(17(24)20-12-15-8-4-2-5-9-15)25-19-23-22-18(26-19)21-13-16-10-6-3-7-11-16/h2-11,14H,12-13H2,1H3,(H,20,24)(H,21,22). The maximum Gasteiger partial charge on any atom is 0.233 e. The molecule has 7 heteroatoms. The van der Waals surface area contributed by atoms with Gasteiger partial charge < -0.3 is 10.6 Å². The number of nitrogens with zero attached hydrogens (tertiary/aromatic N) is 2. The number of thioether (sulfide) groups is 1. The predicted octanol–water partition coefficient (Wildman–Crippen LogP) is 3.95. The van der Waals surface area contributed by atoms with Crippen molar-refractivity contribution in [2.45, 2.75) is 29.6 Å². The molecule has 0 saturated heterocycles. The fourth-order valence-corrected chi connectivity index (χ4v) is 4.15. The van der Waals surface area contributed by atoms with Gasteiger partial charge in [-0.25, -0.2) is 0 Å². The number of carbonyl (C=O) groups excluding carboxylic acids is 1. The Morgan fingerprint density at radius 2 is 1.62 bits per heavy atom. The summed E-state index contributed by atoms with van der Waals surface area (Å²) in [7, 11) is 0. The van der Waals surface area contributed by atoms with Crippen molar-refractivity contribution >= 4 is 34.1 Å². The van der Waals surface area contributed by atoms with E-state index < -0.39 is 0 Å². The first-order chi connectivity index (χ1) is 12.7. The van der Waals surface area contributed by atoms with Crippen LogP contribution in [-0.2, 0) is 17.9 Å². The van der Waals surface area contributed by atoms with Crippen molar-refractivity contribution in [3.63, 3.8) is 0 Å². The zero-order valence-corrected chi connectivity index (χ0v) is 16.0. The third kappa shape index (κ3) is 5.57. The number of hydrogen-bond acceptors (Lipinski definition) is 6.